The minimum absolute atomic E-state index is 0.0239. The number of halogens is 2. The average molecular weight is 1170 g/mol. The first-order valence-electron chi connectivity index (χ1n) is 25.6. The van der Waals surface area contributed by atoms with Crippen molar-refractivity contribution in [2.45, 2.75) is 67.6 Å². The van der Waals surface area contributed by atoms with Gasteiger partial charge in [-0.1, -0.05) is 108 Å². The number of fused-ring (bicyclic) bond motifs is 4. The summed E-state index contributed by atoms with van der Waals surface area (Å²) in [6, 6.07) is 34.2. The van der Waals surface area contributed by atoms with Crippen molar-refractivity contribution in [1.82, 2.24) is 35.2 Å². The Morgan fingerprint density at radius 1 is 0.573 bits per heavy atom. The molecule has 8 aromatic rings. The molecule has 8 heterocycles. The fraction of sp³-hybridized carbons (Fsp3) is 0.304. The molecular weight excluding hydrogens is 1110 g/mol. The Morgan fingerprint density at radius 3 is 1.35 bits per heavy atom. The summed E-state index contributed by atoms with van der Waals surface area (Å²) in [5.74, 6) is -3.48. The van der Waals surface area contributed by atoms with E-state index in [0.29, 0.717) is 63.5 Å². The zero-order chi connectivity index (χ0) is 57.8. The zero-order valence-electron chi connectivity index (χ0n) is 43.0. The number of nitrogens with one attached hydrogen (secondary N) is 3. The van der Waals surface area contributed by atoms with Crippen molar-refractivity contribution in [2.75, 3.05) is 39.5 Å². The number of aromatic carboxylic acids is 1. The number of hydrogen-bond acceptors (Lipinski definition) is 19. The van der Waals surface area contributed by atoms with E-state index in [-0.39, 0.29) is 74.4 Å². The van der Waals surface area contributed by atoms with Crippen LogP contribution in [0, 0.1) is 0 Å². The third-order valence-electron chi connectivity index (χ3n) is 13.8. The number of carbonyl (C=O) groups is 3. The molecule has 26 heteroatoms. The highest BCUT2D eigenvalue weighted by atomic mass is 35.5. The van der Waals surface area contributed by atoms with Crippen LogP contribution in [0.25, 0.3) is 67.1 Å². The molecule has 0 spiro atoms. The number of ether oxygens (including phenoxy) is 6. The maximum atomic E-state index is 11.1. The van der Waals surface area contributed by atoms with Crippen LogP contribution in [0.1, 0.15) is 15.9 Å². The second kappa shape index (κ2) is 25.2. The number of imidazole rings is 2. The standard InChI is InChI=1S/C28H27ClN4O7.C25H20ClN3O6.C3H7NO3/c29-18-9-19-26(33-28(31-19)40-22-13-39-24-21(35)12-38-25(22)24)32-23(18)17-7-5-16(6-8-17)15-3-1-14(2-4-15)10-30-11-20(34)27(36)37;26-16-9-17-23(29-25(27-17)35-19-11-34-21-18(30)10-33-22(19)21)28-20(16)14-5-1-12(2-6-14)13-3-7-15(8-4-13)24(31)32;4-1-2(5)3(6)7/h1-9,20-22,24-25,30,34-35H,10-13H2,(H,36,37)(H,31,32,33);1-9,18-19,21-22,30H,10-11H2,(H,31,32)(H,27,28,29);2,5H,1,4H2,(H,6,7)/t20?,21-,22-,24-,25-;18-,19-,21-,22-;/m11./s1. The molecular formula is C56H54Cl2N8O16. The number of aliphatic carboxylic acids is 2. The molecule has 24 nitrogen and oxygen atoms in total. The van der Waals surface area contributed by atoms with Crippen LogP contribution in [0.4, 0.5) is 0 Å². The molecule has 4 aliphatic heterocycles. The lowest BCUT2D eigenvalue weighted by atomic mass is 10.0. The molecule has 4 saturated heterocycles. The van der Waals surface area contributed by atoms with Crippen LogP contribution in [-0.2, 0) is 35.1 Å². The molecule has 4 fully saturated rings. The van der Waals surface area contributed by atoms with Crippen LogP contribution >= 0.6 is 23.2 Å². The van der Waals surface area contributed by atoms with Gasteiger partial charge in [0.1, 0.15) is 36.6 Å². The minimum Gasteiger partial charge on any atom is -0.479 e. The van der Waals surface area contributed by atoms with Crippen LogP contribution in [0.3, 0.4) is 0 Å². The Hall–Kier alpha value is -7.69. The van der Waals surface area contributed by atoms with Crippen molar-refractivity contribution >= 4 is 63.4 Å². The summed E-state index contributed by atoms with van der Waals surface area (Å²) in [7, 11) is 0. The Bertz CT molecular complexity index is 3560. The number of nitrogens with zero attached hydrogens (tertiary/aromatic N) is 4. The smallest absolute Gasteiger partial charge is 0.335 e. The zero-order valence-corrected chi connectivity index (χ0v) is 44.6. The van der Waals surface area contributed by atoms with Crippen molar-refractivity contribution in [1.29, 1.82) is 0 Å². The molecule has 0 radical (unpaired) electrons. The number of benzene rings is 4. The molecule has 428 valence electrons. The topological polar surface area (TPSA) is 369 Å². The largest absolute Gasteiger partial charge is 0.479 e. The van der Waals surface area contributed by atoms with Gasteiger partial charge < -0.3 is 85.2 Å². The molecule has 10 atom stereocenters. The van der Waals surface area contributed by atoms with Gasteiger partial charge >= 0.3 is 17.9 Å². The molecule has 0 aliphatic carbocycles. The molecule has 12 N–H and O–H groups in total. The number of rotatable bonds is 16. The highest BCUT2D eigenvalue weighted by Crippen LogP contribution is 2.36. The van der Waals surface area contributed by atoms with Crippen LogP contribution in [-0.4, -0.2) is 184 Å². The summed E-state index contributed by atoms with van der Waals surface area (Å²) in [4.78, 5) is 55.8. The number of aromatic nitrogens is 6. The molecule has 0 bridgehead atoms. The molecule has 4 aromatic carbocycles. The fourth-order valence-corrected chi connectivity index (χ4v) is 10.0. The predicted molar refractivity (Wildman–Crippen MR) is 294 cm³/mol. The van der Waals surface area contributed by atoms with Gasteiger partial charge in [0.25, 0.3) is 12.0 Å². The molecule has 0 amide bonds. The number of hydrogen-bond donors (Lipinski definition) is 11. The minimum atomic E-state index is -1.43. The lowest BCUT2D eigenvalue weighted by molar-refractivity contribution is -0.146. The van der Waals surface area contributed by atoms with Gasteiger partial charge in [-0.15, -0.1) is 0 Å². The Kier molecular flexibility index (Phi) is 17.7. The van der Waals surface area contributed by atoms with Crippen molar-refractivity contribution in [3.8, 4) is 56.8 Å². The van der Waals surface area contributed by atoms with Crippen LogP contribution in [0.15, 0.2) is 109 Å². The van der Waals surface area contributed by atoms with E-state index in [0.717, 1.165) is 38.9 Å². The third kappa shape index (κ3) is 13.0. The first kappa shape index (κ1) is 57.5. The van der Waals surface area contributed by atoms with E-state index < -0.39 is 48.4 Å². The van der Waals surface area contributed by atoms with Crippen LogP contribution < -0.4 is 20.5 Å². The average Bonchev–Trinajstić information content (AvgIpc) is 4.42. The quantitative estimate of drug-likeness (QED) is 0.0641. The van der Waals surface area contributed by atoms with Crippen molar-refractivity contribution < 1.29 is 78.6 Å². The second-order valence-corrected chi connectivity index (χ2v) is 20.2. The number of pyridine rings is 2. The Labute approximate surface area is 475 Å². The first-order valence-corrected chi connectivity index (χ1v) is 26.4. The highest BCUT2D eigenvalue weighted by Gasteiger charge is 2.50. The van der Waals surface area contributed by atoms with E-state index in [4.69, 9.17) is 77.8 Å². The Balaban J connectivity index is 0.000000166. The molecule has 4 aromatic heterocycles. The summed E-state index contributed by atoms with van der Waals surface area (Å²) in [5, 5.41) is 66.9. The second-order valence-electron chi connectivity index (χ2n) is 19.4. The Morgan fingerprint density at radius 2 is 0.963 bits per heavy atom. The van der Waals surface area contributed by atoms with E-state index in [9.17, 15) is 29.7 Å². The number of nitrogens with two attached hydrogens (primary N) is 1. The normalized spacial score (nSPS) is 22.3. The van der Waals surface area contributed by atoms with E-state index in [1.807, 2.05) is 72.8 Å². The van der Waals surface area contributed by atoms with Crippen molar-refractivity contribution in [2.24, 2.45) is 5.73 Å². The van der Waals surface area contributed by atoms with E-state index in [1.165, 1.54) is 0 Å². The maximum absolute atomic E-state index is 11.1. The lowest BCUT2D eigenvalue weighted by Crippen LogP contribution is -2.34. The van der Waals surface area contributed by atoms with Gasteiger partial charge in [0, 0.05) is 30.8 Å². The summed E-state index contributed by atoms with van der Waals surface area (Å²) in [6.07, 6.45) is -6.38. The molecule has 82 heavy (non-hydrogen) atoms. The predicted octanol–water partition coefficient (Wildman–Crippen LogP) is 4.33. The van der Waals surface area contributed by atoms with E-state index in [2.05, 4.69) is 35.2 Å². The number of aliphatic hydroxyl groups excluding tert-OH is 4. The highest BCUT2D eigenvalue weighted by molar-refractivity contribution is 6.34. The maximum Gasteiger partial charge on any atom is 0.335 e. The summed E-state index contributed by atoms with van der Waals surface area (Å²) in [6.45, 7) is 1.24. The molecule has 12 rings (SSSR count). The summed E-state index contributed by atoms with van der Waals surface area (Å²) in [5.41, 5.74) is 14.8. The molecule has 4 aliphatic rings. The van der Waals surface area contributed by atoms with Crippen LogP contribution in [0.5, 0.6) is 12.0 Å². The lowest BCUT2D eigenvalue weighted by Gasteiger charge is -2.15. The van der Waals surface area contributed by atoms with Crippen LogP contribution in [0.2, 0.25) is 10.0 Å². The molecule has 0 saturated carbocycles. The molecule has 2 unspecified atom stereocenters. The van der Waals surface area contributed by atoms with Crippen molar-refractivity contribution in [3.63, 3.8) is 0 Å². The summed E-state index contributed by atoms with van der Waals surface area (Å²) < 4.78 is 34.3. The number of aliphatic hydroxyl groups is 4. The van der Waals surface area contributed by atoms with Gasteiger partial charge in [-0.05, 0) is 52.1 Å². The van der Waals surface area contributed by atoms with E-state index in [1.54, 1.807) is 36.4 Å². The number of carboxylic acid groups (broad SMARTS) is 3. The van der Waals surface area contributed by atoms with Gasteiger partial charge in [-0.2, -0.15) is 9.97 Å². The van der Waals surface area contributed by atoms with Gasteiger partial charge in [0.2, 0.25) is 0 Å². The number of aromatic amines is 2. The third-order valence-corrected chi connectivity index (χ3v) is 14.4. The van der Waals surface area contributed by atoms with Gasteiger partial charge in [-0.3, -0.25) is 0 Å². The SMILES string of the molecule is NCC(O)C(=O)O.O=C(O)C(O)CNCc1ccc(-c2ccc(-c3nc4nc(O[C@@H]5CO[C@H]6[C@@H]5OC[C@H]6O)[nH]c4cc3Cl)cc2)cc1.O=C(O)c1ccc(-c2ccc(-c3nc4nc(O[C@@H]5CO[C@H]6[C@@H]5OC[C@H]6O)[nH]c4cc3Cl)cc2)cc1. The fourth-order valence-electron chi connectivity index (χ4n) is 9.49. The number of carboxylic acids is 3. The van der Waals surface area contributed by atoms with Gasteiger partial charge in [-0.25, -0.2) is 24.4 Å². The number of H-pyrrole nitrogens is 2. The first-order chi connectivity index (χ1) is 39.5. The van der Waals surface area contributed by atoms with E-state index >= 15 is 0 Å². The van der Waals surface area contributed by atoms with Crippen molar-refractivity contribution in [3.05, 3.63) is 130 Å². The summed E-state index contributed by atoms with van der Waals surface area (Å²) >= 11 is 13.1. The monoisotopic (exact) mass is 1160 g/mol. The van der Waals surface area contributed by atoms with Gasteiger partial charge in [0.05, 0.1) is 64.5 Å². The van der Waals surface area contributed by atoms with Gasteiger partial charge in [0.15, 0.2) is 35.7 Å².